The highest BCUT2D eigenvalue weighted by Crippen LogP contribution is 2.63. The molecule has 396 valence electrons. The van der Waals surface area contributed by atoms with E-state index in [2.05, 4.69) is 267 Å². The zero-order chi connectivity index (χ0) is 55.0. The molecule has 15 rings (SSSR count). The van der Waals surface area contributed by atoms with E-state index in [9.17, 15) is 0 Å². The molecule has 5 nitrogen and oxygen atoms in total. The van der Waals surface area contributed by atoms with Crippen LogP contribution >= 0.6 is 0 Å². The Morgan fingerprint density at radius 1 is 0.425 bits per heavy atom. The van der Waals surface area contributed by atoms with Gasteiger partial charge in [0.05, 0.1) is 16.9 Å². The largest absolute Gasteiger partial charge is 0.456 e. The summed E-state index contributed by atoms with van der Waals surface area (Å²) in [6, 6.07) is 67.0. The van der Waals surface area contributed by atoms with Crippen molar-refractivity contribution >= 4 is 112 Å². The van der Waals surface area contributed by atoms with Gasteiger partial charge in [0.1, 0.15) is 16.7 Å². The maximum absolute atomic E-state index is 7.11. The molecule has 2 aromatic heterocycles. The second-order valence-electron chi connectivity index (χ2n) is 27.3. The molecule has 3 aliphatic heterocycles. The van der Waals surface area contributed by atoms with Crippen molar-refractivity contribution in [2.45, 2.75) is 129 Å². The quantitative estimate of drug-likeness (QED) is 0.164. The lowest BCUT2D eigenvalue weighted by atomic mass is 9.33. The molecule has 0 radical (unpaired) electrons. The molecule has 1 saturated carbocycles. The minimum atomic E-state index is -0.217. The van der Waals surface area contributed by atoms with E-state index < -0.39 is 0 Å². The third kappa shape index (κ3) is 6.96. The predicted molar refractivity (Wildman–Crippen MR) is 339 cm³/mol. The topological polar surface area (TPSA) is 36.0 Å². The van der Waals surface area contributed by atoms with Crippen LogP contribution in [0.25, 0.3) is 55.0 Å². The molecule has 1 aliphatic carbocycles. The van der Waals surface area contributed by atoms with Crippen LogP contribution in [0.5, 0.6) is 0 Å². The van der Waals surface area contributed by atoms with E-state index in [1.807, 2.05) is 0 Å². The highest BCUT2D eigenvalue weighted by atomic mass is 16.3. The maximum atomic E-state index is 7.11. The van der Waals surface area contributed by atoms with Gasteiger partial charge in [-0.1, -0.05) is 191 Å². The van der Waals surface area contributed by atoms with Crippen molar-refractivity contribution in [1.29, 1.82) is 0 Å². The summed E-state index contributed by atoms with van der Waals surface area (Å²) < 4.78 is 14.0. The number of benzene rings is 9. The van der Waals surface area contributed by atoms with Crippen LogP contribution in [0.3, 0.4) is 0 Å². The van der Waals surface area contributed by atoms with Crippen molar-refractivity contribution in [2.24, 2.45) is 0 Å². The number of nitrogens with zero attached hydrogens (tertiary/aromatic N) is 3. The first-order chi connectivity index (χ1) is 38.3. The molecular formula is C74H70BN3O2. The molecule has 0 N–H and O–H groups in total. The van der Waals surface area contributed by atoms with Crippen molar-refractivity contribution in [3.63, 3.8) is 0 Å². The normalized spacial score (nSPS) is 18.7. The molecule has 2 atom stereocenters. The average molecular weight is 1040 g/mol. The van der Waals surface area contributed by atoms with Crippen LogP contribution in [0.4, 0.5) is 45.5 Å². The van der Waals surface area contributed by atoms with Gasteiger partial charge in [-0.15, -0.1) is 0 Å². The van der Waals surface area contributed by atoms with Gasteiger partial charge >= 0.3 is 0 Å². The van der Waals surface area contributed by atoms with Crippen LogP contribution in [0.15, 0.2) is 185 Å². The molecule has 4 aliphatic rings. The zero-order valence-electron chi connectivity index (χ0n) is 48.3. The second-order valence-corrected chi connectivity index (χ2v) is 27.3. The van der Waals surface area contributed by atoms with Gasteiger partial charge in [-0.2, -0.15) is 0 Å². The minimum Gasteiger partial charge on any atom is -0.456 e. The van der Waals surface area contributed by atoms with Crippen LogP contribution in [0, 0.1) is 0 Å². The van der Waals surface area contributed by atoms with Crippen LogP contribution < -0.4 is 31.1 Å². The van der Waals surface area contributed by atoms with Crippen molar-refractivity contribution in [3.8, 4) is 11.1 Å². The zero-order valence-corrected chi connectivity index (χ0v) is 48.3. The highest BCUT2D eigenvalue weighted by molar-refractivity contribution is 7.00. The molecule has 1 fully saturated rings. The van der Waals surface area contributed by atoms with Gasteiger partial charge in [0, 0.05) is 66.6 Å². The Hall–Kier alpha value is -7.96. The lowest BCUT2D eigenvalue weighted by Crippen LogP contribution is -2.61. The van der Waals surface area contributed by atoms with Crippen molar-refractivity contribution in [3.05, 3.63) is 198 Å². The Balaban J connectivity index is 1.12. The summed E-state index contributed by atoms with van der Waals surface area (Å²) in [5.74, 6) is 0. The Morgan fingerprint density at radius 3 is 1.69 bits per heavy atom. The molecule has 0 spiro atoms. The second kappa shape index (κ2) is 16.8. The Labute approximate surface area is 471 Å². The fourth-order valence-electron chi connectivity index (χ4n) is 14.9. The first-order valence-electron chi connectivity index (χ1n) is 29.2. The smallest absolute Gasteiger partial charge is 0.252 e. The van der Waals surface area contributed by atoms with E-state index >= 15 is 0 Å². The number of fused-ring (bicyclic) bond motifs is 13. The third-order valence-electron chi connectivity index (χ3n) is 19.5. The van der Waals surface area contributed by atoms with E-state index in [4.69, 9.17) is 8.83 Å². The highest BCUT2D eigenvalue weighted by Gasteiger charge is 2.58. The SMILES string of the molecule is CC(C)(C)c1ccc2c(c1)B1c3cc4oc5ccccc5c4cc3N(c3ccc(C(C)(C)C)cc3-c3ccccc3)c3cc(N4c5ccc(C(C)(C)C)cc5C5(C)CCCCC45C)cc(c31)N2c1cccc2c1oc1ccccc12. The summed E-state index contributed by atoms with van der Waals surface area (Å²) in [6.07, 6.45) is 4.62. The van der Waals surface area contributed by atoms with Gasteiger partial charge in [-0.05, 0) is 147 Å². The fraction of sp³-hybridized carbons (Fsp3) is 0.270. The van der Waals surface area contributed by atoms with Crippen LogP contribution in [0.1, 0.15) is 124 Å². The van der Waals surface area contributed by atoms with Gasteiger partial charge in [0.2, 0.25) is 0 Å². The monoisotopic (exact) mass is 1040 g/mol. The summed E-state index contributed by atoms with van der Waals surface area (Å²) in [5, 5.41) is 4.46. The van der Waals surface area contributed by atoms with Gasteiger partial charge < -0.3 is 23.5 Å². The Morgan fingerprint density at radius 2 is 0.988 bits per heavy atom. The summed E-state index contributed by atoms with van der Waals surface area (Å²) in [7, 11) is 0. The van der Waals surface area contributed by atoms with E-state index in [1.54, 1.807) is 0 Å². The molecule has 11 aromatic rings. The fourth-order valence-corrected chi connectivity index (χ4v) is 14.9. The van der Waals surface area contributed by atoms with Crippen molar-refractivity contribution in [2.75, 3.05) is 14.7 Å². The molecule has 0 saturated heterocycles. The van der Waals surface area contributed by atoms with E-state index in [1.165, 1.54) is 79.7 Å². The minimum absolute atomic E-state index is 0.00588. The van der Waals surface area contributed by atoms with Gasteiger partial charge in [0.25, 0.3) is 6.71 Å². The maximum Gasteiger partial charge on any atom is 0.252 e. The lowest BCUT2D eigenvalue weighted by Gasteiger charge is -2.51. The predicted octanol–water partition coefficient (Wildman–Crippen LogP) is 18.9. The van der Waals surface area contributed by atoms with Gasteiger partial charge in [-0.3, -0.25) is 0 Å². The van der Waals surface area contributed by atoms with Gasteiger partial charge in [-0.25, -0.2) is 0 Å². The number of hydrogen-bond acceptors (Lipinski definition) is 5. The molecule has 80 heavy (non-hydrogen) atoms. The molecular weight excluding hydrogens is 974 g/mol. The van der Waals surface area contributed by atoms with Crippen molar-refractivity contribution < 1.29 is 8.83 Å². The molecule has 5 heterocycles. The molecule has 2 unspecified atom stereocenters. The van der Waals surface area contributed by atoms with E-state index in [0.29, 0.717) is 0 Å². The van der Waals surface area contributed by atoms with Gasteiger partial charge in [0.15, 0.2) is 5.58 Å². The number of para-hydroxylation sites is 3. The van der Waals surface area contributed by atoms with Crippen LogP contribution in [-0.2, 0) is 21.7 Å². The summed E-state index contributed by atoms with van der Waals surface area (Å²) in [5.41, 5.74) is 24.0. The van der Waals surface area contributed by atoms with Crippen LogP contribution in [-0.4, -0.2) is 12.3 Å². The molecule has 0 amide bonds. The lowest BCUT2D eigenvalue weighted by molar-refractivity contribution is 0.195. The van der Waals surface area contributed by atoms with Crippen molar-refractivity contribution in [1.82, 2.24) is 0 Å². The molecule has 0 bridgehead atoms. The number of rotatable bonds is 4. The molecule has 6 heteroatoms. The Kier molecular flexibility index (Phi) is 10.3. The summed E-state index contributed by atoms with van der Waals surface area (Å²) >= 11 is 0. The van der Waals surface area contributed by atoms with E-state index in [-0.39, 0.29) is 33.9 Å². The first kappa shape index (κ1) is 49.1. The first-order valence-corrected chi connectivity index (χ1v) is 29.2. The summed E-state index contributed by atoms with van der Waals surface area (Å²) in [6.45, 7) is 26.1. The van der Waals surface area contributed by atoms with Crippen LogP contribution in [0.2, 0.25) is 0 Å². The molecule has 9 aromatic carbocycles. The number of anilines is 8. The van der Waals surface area contributed by atoms with E-state index in [0.717, 1.165) is 85.2 Å². The summed E-state index contributed by atoms with van der Waals surface area (Å²) in [4.78, 5) is 8.04. The Bertz CT molecular complexity index is 4390. The number of hydrogen-bond donors (Lipinski definition) is 0. The number of furan rings is 2. The standard InChI is InChI=1S/C74H70BN3O2/c1-70(2,3)46-30-33-58(53(38-46)45-22-13-12-14-23-45)76-62-43-54-51-25-16-17-28-65(51)79-67(54)44-57(62)75-56-40-48(72(7,8)9)32-35-60(56)77(61-27-21-26-52-50-24-15-18-29-66(50)80-69(52)61)64-42-49(41-63(76)68(64)75)78-59-34-31-47(71(4,5)6)39-55(59)73(10)36-19-20-37-74(73,78)11/h12-18,21-35,38-44H,19-20,36-37H2,1-11H3. The average Bonchev–Trinajstić information content (AvgIpc) is 4.13. The third-order valence-corrected chi connectivity index (χ3v) is 19.5.